The van der Waals surface area contributed by atoms with Crippen LogP contribution in [0.2, 0.25) is 0 Å². The van der Waals surface area contributed by atoms with E-state index in [-0.39, 0.29) is 5.82 Å². The van der Waals surface area contributed by atoms with Crippen LogP contribution in [0.4, 0.5) is 4.39 Å². The summed E-state index contributed by atoms with van der Waals surface area (Å²) >= 11 is 1.63. The van der Waals surface area contributed by atoms with E-state index in [4.69, 9.17) is 0 Å². The zero-order chi connectivity index (χ0) is 12.1. The van der Waals surface area contributed by atoms with Gasteiger partial charge in [-0.05, 0) is 35.0 Å². The first-order valence-corrected chi connectivity index (χ1v) is 6.62. The molecule has 0 saturated heterocycles. The van der Waals surface area contributed by atoms with Gasteiger partial charge in [-0.3, -0.25) is 0 Å². The van der Waals surface area contributed by atoms with E-state index >= 15 is 0 Å². The third kappa shape index (κ3) is 1.22. The van der Waals surface area contributed by atoms with Gasteiger partial charge in [0.2, 0.25) is 0 Å². The fourth-order valence-electron chi connectivity index (χ4n) is 2.46. The predicted octanol–water partition coefficient (Wildman–Crippen LogP) is 4.69. The largest absolute Gasteiger partial charge is 0.248 e. The van der Waals surface area contributed by atoms with Gasteiger partial charge in [-0.1, -0.05) is 12.1 Å². The summed E-state index contributed by atoms with van der Waals surface area (Å²) in [6.07, 6.45) is 0. The van der Waals surface area contributed by atoms with Gasteiger partial charge in [0.1, 0.15) is 5.82 Å². The first kappa shape index (κ1) is 9.97. The highest BCUT2D eigenvalue weighted by Gasteiger charge is 2.14. The minimum atomic E-state index is -0.177. The van der Waals surface area contributed by atoms with Crippen LogP contribution in [0.3, 0.4) is 0 Å². The van der Waals surface area contributed by atoms with Gasteiger partial charge in [-0.2, -0.15) is 11.3 Å². The van der Waals surface area contributed by atoms with Crippen molar-refractivity contribution in [2.75, 3.05) is 0 Å². The molecule has 18 heavy (non-hydrogen) atoms. The predicted molar refractivity (Wildman–Crippen MR) is 73.7 cm³/mol. The Bertz CT molecular complexity index is 850. The van der Waals surface area contributed by atoms with Crippen molar-refractivity contribution < 1.29 is 4.39 Å². The second kappa shape index (κ2) is 3.50. The molecule has 0 radical (unpaired) electrons. The minimum absolute atomic E-state index is 0.177. The van der Waals surface area contributed by atoms with Gasteiger partial charge in [0, 0.05) is 21.7 Å². The van der Waals surface area contributed by atoms with Gasteiger partial charge in [0.05, 0.1) is 11.2 Å². The molecule has 0 unspecified atom stereocenters. The molecule has 0 bridgehead atoms. The summed E-state index contributed by atoms with van der Waals surface area (Å²) in [5.74, 6) is -0.177. The smallest absolute Gasteiger partial charge is 0.131 e. The van der Waals surface area contributed by atoms with Crippen LogP contribution in [0.25, 0.3) is 32.9 Å². The van der Waals surface area contributed by atoms with E-state index in [2.05, 4.69) is 10.4 Å². The van der Waals surface area contributed by atoms with Crippen LogP contribution in [-0.4, -0.2) is 4.98 Å². The molecule has 0 saturated carbocycles. The van der Waals surface area contributed by atoms with Crippen molar-refractivity contribution >= 4 is 33.0 Å². The van der Waals surface area contributed by atoms with E-state index < -0.39 is 0 Å². The van der Waals surface area contributed by atoms with Crippen molar-refractivity contribution in [3.05, 3.63) is 53.0 Å². The van der Waals surface area contributed by atoms with Crippen LogP contribution >= 0.6 is 11.3 Å². The van der Waals surface area contributed by atoms with E-state index in [9.17, 15) is 4.39 Å². The normalized spacial score (nSPS) is 11.6. The van der Waals surface area contributed by atoms with E-state index in [0.717, 1.165) is 27.5 Å². The summed E-state index contributed by atoms with van der Waals surface area (Å²) < 4.78 is 13.8. The molecule has 86 valence electrons. The molecular weight excluding hydrogens is 245 g/mol. The first-order valence-electron chi connectivity index (χ1n) is 5.67. The second-order valence-corrected chi connectivity index (χ2v) is 5.04. The molecule has 0 amide bonds. The average Bonchev–Trinajstić information content (AvgIpc) is 2.77. The number of rotatable bonds is 0. The molecule has 0 aromatic heterocycles. The zero-order valence-corrected chi connectivity index (χ0v) is 10.2. The van der Waals surface area contributed by atoms with E-state index in [1.165, 1.54) is 6.07 Å². The van der Waals surface area contributed by atoms with Crippen LogP contribution in [-0.2, 0) is 0 Å². The molecule has 0 atom stereocenters. The molecule has 2 aliphatic rings. The van der Waals surface area contributed by atoms with Crippen LogP contribution in [0.1, 0.15) is 0 Å². The fraction of sp³-hybridized carbons (Fsp3) is 0. The van der Waals surface area contributed by atoms with Crippen LogP contribution in [0, 0.1) is 5.82 Å². The highest BCUT2D eigenvalue weighted by atomic mass is 32.1. The van der Waals surface area contributed by atoms with Gasteiger partial charge in [0.25, 0.3) is 0 Å². The van der Waals surface area contributed by atoms with Gasteiger partial charge in [0.15, 0.2) is 0 Å². The van der Waals surface area contributed by atoms with Gasteiger partial charge in [-0.15, -0.1) is 0 Å². The summed E-state index contributed by atoms with van der Waals surface area (Å²) in [6, 6.07) is 10.9. The van der Waals surface area contributed by atoms with Gasteiger partial charge < -0.3 is 0 Å². The Morgan fingerprint density at radius 2 is 1.94 bits per heavy atom. The van der Waals surface area contributed by atoms with Crippen molar-refractivity contribution in [2.45, 2.75) is 0 Å². The molecule has 1 nitrogen and oxygen atoms in total. The lowest BCUT2D eigenvalue weighted by Gasteiger charge is -2.02. The quantitative estimate of drug-likeness (QED) is 0.443. The number of aromatic nitrogens is 1. The average molecular weight is 253 g/mol. The van der Waals surface area contributed by atoms with Crippen molar-refractivity contribution in [3.63, 3.8) is 0 Å². The third-order valence-electron chi connectivity index (χ3n) is 3.26. The Morgan fingerprint density at radius 1 is 1.00 bits per heavy atom. The number of fused-ring (bicyclic) bond motifs is 5. The van der Waals surface area contributed by atoms with Crippen molar-refractivity contribution in [3.8, 4) is 11.3 Å². The highest BCUT2D eigenvalue weighted by molar-refractivity contribution is 7.08. The lowest BCUT2D eigenvalue weighted by molar-refractivity contribution is 0.640. The first-order chi connectivity index (χ1) is 8.84. The van der Waals surface area contributed by atoms with E-state index in [1.807, 2.05) is 29.6 Å². The second-order valence-electron chi connectivity index (χ2n) is 4.26. The third-order valence-corrected chi connectivity index (χ3v) is 3.93. The van der Waals surface area contributed by atoms with Crippen molar-refractivity contribution in [1.29, 1.82) is 0 Å². The number of benzene rings is 2. The molecule has 2 aliphatic heterocycles. The zero-order valence-electron chi connectivity index (χ0n) is 9.35. The molecule has 2 heterocycles. The number of hydrogen-bond donors (Lipinski definition) is 0. The summed E-state index contributed by atoms with van der Waals surface area (Å²) in [4.78, 5) is 4.58. The number of halogens is 1. The lowest BCUT2D eigenvalue weighted by Crippen LogP contribution is -1.80. The summed E-state index contributed by atoms with van der Waals surface area (Å²) in [7, 11) is 0. The van der Waals surface area contributed by atoms with Crippen molar-refractivity contribution in [2.24, 2.45) is 0 Å². The molecule has 0 fully saturated rings. The van der Waals surface area contributed by atoms with Crippen LogP contribution < -0.4 is 0 Å². The number of nitrogens with zero attached hydrogens (tertiary/aromatic N) is 1. The summed E-state index contributed by atoms with van der Waals surface area (Å²) in [6.45, 7) is 0. The van der Waals surface area contributed by atoms with Gasteiger partial charge >= 0.3 is 0 Å². The summed E-state index contributed by atoms with van der Waals surface area (Å²) in [5, 5.41) is 6.74. The SMILES string of the molecule is Fc1cccc2c1ccc1nc3ccscc-3c12. The molecule has 2 aromatic carbocycles. The topological polar surface area (TPSA) is 12.9 Å². The molecule has 2 aromatic rings. The Kier molecular flexibility index (Phi) is 1.94. The monoisotopic (exact) mass is 253 g/mol. The maximum Gasteiger partial charge on any atom is 0.131 e. The Labute approximate surface area is 107 Å². The minimum Gasteiger partial charge on any atom is -0.248 e. The molecule has 0 spiro atoms. The Morgan fingerprint density at radius 3 is 2.89 bits per heavy atom. The molecule has 0 aliphatic carbocycles. The standard InChI is InChI=1S/C15H8FNS/c16-12-3-1-2-10-9(12)4-5-14-15(10)11-8-18-7-6-13(11)17-14/h1-8H. The lowest BCUT2D eigenvalue weighted by atomic mass is 10.0. The van der Waals surface area contributed by atoms with Crippen LogP contribution in [0.5, 0.6) is 0 Å². The van der Waals surface area contributed by atoms with E-state index in [1.54, 1.807) is 17.4 Å². The molecule has 0 N–H and O–H groups in total. The summed E-state index contributed by atoms with van der Waals surface area (Å²) in [5.41, 5.74) is 3.01. The highest BCUT2D eigenvalue weighted by Crippen LogP contribution is 2.37. The molecule has 4 rings (SSSR count). The van der Waals surface area contributed by atoms with Crippen molar-refractivity contribution in [1.82, 2.24) is 4.98 Å². The Hall–Kier alpha value is -2.00. The fourth-order valence-corrected chi connectivity index (χ4v) is 3.12. The van der Waals surface area contributed by atoms with Gasteiger partial charge in [-0.25, -0.2) is 9.37 Å². The molecule has 3 heteroatoms. The maximum absolute atomic E-state index is 13.8. The Balaban J connectivity index is 2.32. The maximum atomic E-state index is 13.8. The molecular formula is C15H8FNS. The number of hydrogen-bond acceptors (Lipinski definition) is 2. The van der Waals surface area contributed by atoms with E-state index in [0.29, 0.717) is 5.39 Å². The van der Waals surface area contributed by atoms with Crippen LogP contribution in [0.15, 0.2) is 47.2 Å².